The third kappa shape index (κ3) is 0.839. The van der Waals surface area contributed by atoms with Crippen molar-refractivity contribution >= 4 is 16.3 Å². The maximum atomic E-state index is 3.92. The van der Waals surface area contributed by atoms with Crippen molar-refractivity contribution in [1.82, 2.24) is 14.8 Å². The Balaban J connectivity index is 2.65. The molecule has 0 N–H and O–H groups in total. The Morgan fingerprint density at radius 1 is 1.31 bits per heavy atom. The summed E-state index contributed by atoms with van der Waals surface area (Å²) in [5.41, 5.74) is 1.02. The maximum Gasteiger partial charge on any atom is 0.0943 e. The minimum atomic E-state index is 1.02. The van der Waals surface area contributed by atoms with Crippen molar-refractivity contribution in [2.24, 2.45) is 0 Å². The van der Waals surface area contributed by atoms with E-state index in [2.05, 4.69) is 16.4 Å². The molecule has 0 saturated carbocycles. The molecular formula is C10H6N3. The summed E-state index contributed by atoms with van der Waals surface area (Å²) in [6, 6.07) is 11.1. The van der Waals surface area contributed by atoms with E-state index < -0.39 is 0 Å². The number of benzene rings is 1. The quantitative estimate of drug-likeness (QED) is 0.511. The highest BCUT2D eigenvalue weighted by Gasteiger charge is 1.99. The molecule has 3 nitrogen and oxygen atoms in total. The van der Waals surface area contributed by atoms with Crippen LogP contribution in [0.1, 0.15) is 0 Å². The molecule has 0 amide bonds. The van der Waals surface area contributed by atoms with E-state index in [0.29, 0.717) is 0 Å². The predicted octanol–water partition coefficient (Wildman–Crippen LogP) is 1.68. The Kier molecular flexibility index (Phi) is 1.16. The monoisotopic (exact) mass is 168 g/mol. The number of aromatic nitrogens is 3. The minimum Gasteiger partial charge on any atom is -0.220 e. The van der Waals surface area contributed by atoms with Crippen LogP contribution in [-0.4, -0.2) is 14.8 Å². The lowest BCUT2D eigenvalue weighted by Gasteiger charge is -1.97. The zero-order valence-electron chi connectivity index (χ0n) is 6.81. The molecular weight excluding hydrogens is 162 g/mol. The van der Waals surface area contributed by atoms with E-state index in [9.17, 15) is 0 Å². The first-order valence-corrected chi connectivity index (χ1v) is 4.04. The van der Waals surface area contributed by atoms with Gasteiger partial charge in [0.2, 0.25) is 0 Å². The summed E-state index contributed by atoms with van der Waals surface area (Å²) in [6.07, 6.45) is 3.65. The van der Waals surface area contributed by atoms with Gasteiger partial charge in [0.25, 0.3) is 0 Å². The fourth-order valence-electron chi connectivity index (χ4n) is 1.50. The van der Waals surface area contributed by atoms with Crippen LogP contribution in [0.4, 0.5) is 0 Å². The van der Waals surface area contributed by atoms with Crippen LogP contribution < -0.4 is 0 Å². The molecule has 0 fully saturated rings. The van der Waals surface area contributed by atoms with E-state index in [0.717, 1.165) is 16.3 Å². The highest BCUT2D eigenvalue weighted by molar-refractivity contribution is 5.94. The second-order valence-corrected chi connectivity index (χ2v) is 2.88. The summed E-state index contributed by atoms with van der Waals surface area (Å²) in [7, 11) is 0. The minimum absolute atomic E-state index is 1.02. The molecule has 3 rings (SSSR count). The van der Waals surface area contributed by atoms with Crippen LogP contribution in [0.15, 0.2) is 36.7 Å². The van der Waals surface area contributed by atoms with Crippen LogP contribution in [-0.2, 0) is 0 Å². The molecule has 2 aromatic heterocycles. The highest BCUT2D eigenvalue weighted by Crippen LogP contribution is 2.17. The van der Waals surface area contributed by atoms with Gasteiger partial charge in [-0.15, -0.1) is 5.10 Å². The van der Waals surface area contributed by atoms with Gasteiger partial charge in [0.15, 0.2) is 0 Å². The van der Waals surface area contributed by atoms with Crippen LogP contribution >= 0.6 is 0 Å². The maximum absolute atomic E-state index is 3.92. The lowest BCUT2D eigenvalue weighted by Crippen LogP contribution is -1.86. The molecule has 13 heavy (non-hydrogen) atoms. The van der Waals surface area contributed by atoms with Gasteiger partial charge in [0.05, 0.1) is 11.7 Å². The summed E-state index contributed by atoms with van der Waals surface area (Å²) >= 11 is 0. The molecule has 0 aliphatic rings. The second kappa shape index (κ2) is 2.29. The van der Waals surface area contributed by atoms with Crippen molar-refractivity contribution in [1.29, 1.82) is 0 Å². The summed E-state index contributed by atoms with van der Waals surface area (Å²) in [5, 5.41) is 10.0. The van der Waals surface area contributed by atoms with Gasteiger partial charge in [0.1, 0.15) is 0 Å². The lowest BCUT2D eigenvalue weighted by atomic mass is 10.1. The average Bonchev–Trinajstić information content (AvgIpc) is 2.65. The fourth-order valence-corrected chi connectivity index (χ4v) is 1.50. The Hall–Kier alpha value is -1.90. The molecule has 0 bridgehead atoms. The van der Waals surface area contributed by atoms with Gasteiger partial charge in [-0.05, 0) is 17.5 Å². The predicted molar refractivity (Wildman–Crippen MR) is 49.3 cm³/mol. The van der Waals surface area contributed by atoms with Gasteiger partial charge < -0.3 is 0 Å². The van der Waals surface area contributed by atoms with E-state index >= 15 is 0 Å². The Labute approximate surface area is 74.6 Å². The van der Waals surface area contributed by atoms with Crippen molar-refractivity contribution in [3.63, 3.8) is 0 Å². The largest absolute Gasteiger partial charge is 0.220 e. The summed E-state index contributed by atoms with van der Waals surface area (Å²) in [6.45, 7) is 0. The molecule has 3 aromatic rings. The van der Waals surface area contributed by atoms with E-state index in [1.807, 2.05) is 30.5 Å². The zero-order chi connectivity index (χ0) is 8.67. The first-order valence-electron chi connectivity index (χ1n) is 4.04. The number of hydrogen-bond donors (Lipinski definition) is 0. The van der Waals surface area contributed by atoms with Crippen LogP contribution in [0.5, 0.6) is 0 Å². The molecule has 0 atom stereocenters. The average molecular weight is 168 g/mol. The molecule has 2 heterocycles. The van der Waals surface area contributed by atoms with E-state index in [4.69, 9.17) is 0 Å². The van der Waals surface area contributed by atoms with Crippen molar-refractivity contribution in [2.45, 2.75) is 0 Å². The van der Waals surface area contributed by atoms with Gasteiger partial charge >= 0.3 is 0 Å². The molecule has 0 unspecified atom stereocenters. The molecule has 1 aromatic carbocycles. The highest BCUT2D eigenvalue weighted by atomic mass is 15.4. The van der Waals surface area contributed by atoms with Gasteiger partial charge in [-0.1, -0.05) is 23.4 Å². The van der Waals surface area contributed by atoms with Crippen LogP contribution in [0.2, 0.25) is 0 Å². The summed E-state index contributed by atoms with van der Waals surface area (Å²) in [5.74, 6) is 0. The zero-order valence-corrected chi connectivity index (χ0v) is 6.81. The van der Waals surface area contributed by atoms with Crippen LogP contribution in [0, 0.1) is 6.07 Å². The normalized spacial score (nSPS) is 11.1. The fraction of sp³-hybridized carbons (Fsp3) is 0. The van der Waals surface area contributed by atoms with Crippen molar-refractivity contribution in [3.8, 4) is 0 Å². The number of rotatable bonds is 0. The molecule has 0 aliphatic heterocycles. The number of fused-ring (bicyclic) bond motifs is 3. The molecule has 61 valence electrons. The van der Waals surface area contributed by atoms with Crippen LogP contribution in [0.3, 0.4) is 0 Å². The van der Waals surface area contributed by atoms with Gasteiger partial charge in [-0.25, -0.2) is 4.52 Å². The number of pyridine rings is 1. The molecule has 0 spiro atoms. The molecule has 3 heteroatoms. The van der Waals surface area contributed by atoms with Crippen molar-refractivity contribution < 1.29 is 0 Å². The number of nitrogens with zero attached hydrogens (tertiary/aromatic N) is 3. The molecule has 1 radical (unpaired) electrons. The molecule has 0 aliphatic carbocycles. The smallest absolute Gasteiger partial charge is 0.0943 e. The van der Waals surface area contributed by atoms with Gasteiger partial charge in [-0.2, -0.15) is 0 Å². The third-order valence-electron chi connectivity index (χ3n) is 2.12. The number of hydrogen-bond acceptors (Lipinski definition) is 2. The Morgan fingerprint density at radius 2 is 2.31 bits per heavy atom. The first kappa shape index (κ1) is 6.60. The second-order valence-electron chi connectivity index (χ2n) is 2.88. The first-order chi connectivity index (χ1) is 6.45. The standard InChI is InChI=1S/C10H6N3/c1-2-4-9-8(3-1)5-6-13-10(9)7-11-12-13/h1-2,4-7H. The van der Waals surface area contributed by atoms with Crippen molar-refractivity contribution in [2.75, 3.05) is 0 Å². The SMILES string of the molecule is [c]1cccc2c1ccn1nncc21. The third-order valence-corrected chi connectivity index (χ3v) is 2.12. The lowest BCUT2D eigenvalue weighted by molar-refractivity contribution is 0.858. The molecule has 0 saturated heterocycles. The topological polar surface area (TPSA) is 30.2 Å². The Morgan fingerprint density at radius 3 is 3.31 bits per heavy atom. The van der Waals surface area contributed by atoms with Crippen molar-refractivity contribution in [3.05, 3.63) is 42.7 Å². The Bertz CT molecular complexity index is 568. The van der Waals surface area contributed by atoms with Gasteiger partial charge in [0, 0.05) is 11.6 Å². The van der Waals surface area contributed by atoms with Gasteiger partial charge in [-0.3, -0.25) is 0 Å². The summed E-state index contributed by atoms with van der Waals surface area (Å²) in [4.78, 5) is 0. The van der Waals surface area contributed by atoms with E-state index in [-0.39, 0.29) is 0 Å². The summed E-state index contributed by atoms with van der Waals surface area (Å²) < 4.78 is 1.76. The van der Waals surface area contributed by atoms with Crippen LogP contribution in [0.25, 0.3) is 16.3 Å². The van der Waals surface area contributed by atoms with E-state index in [1.165, 1.54) is 0 Å². The van der Waals surface area contributed by atoms with E-state index in [1.54, 1.807) is 10.7 Å².